The van der Waals surface area contributed by atoms with Gasteiger partial charge in [0.05, 0.1) is 16.6 Å². The van der Waals surface area contributed by atoms with Crippen molar-refractivity contribution in [3.63, 3.8) is 0 Å². The molecule has 0 unspecified atom stereocenters. The molecule has 0 aliphatic heterocycles. The van der Waals surface area contributed by atoms with Crippen LogP contribution < -0.4 is 5.32 Å². The van der Waals surface area contributed by atoms with Crippen molar-refractivity contribution < 1.29 is 9.18 Å². The van der Waals surface area contributed by atoms with E-state index in [9.17, 15) is 9.18 Å². The van der Waals surface area contributed by atoms with Crippen LogP contribution in [0.3, 0.4) is 0 Å². The number of para-hydroxylation sites is 2. The quantitative estimate of drug-likeness (QED) is 0.561. The van der Waals surface area contributed by atoms with Crippen molar-refractivity contribution in [2.75, 3.05) is 6.54 Å². The summed E-state index contributed by atoms with van der Waals surface area (Å²) in [6.07, 6.45) is 3.76. The molecule has 2 heterocycles. The van der Waals surface area contributed by atoms with E-state index in [1.54, 1.807) is 36.7 Å². The van der Waals surface area contributed by atoms with Gasteiger partial charge in [0.15, 0.2) is 0 Å². The number of carbonyl (C=O) groups excluding carboxylic acids is 1. The smallest absolute Gasteiger partial charge is 0.252 e. The Kier molecular flexibility index (Phi) is 5.10. The van der Waals surface area contributed by atoms with Gasteiger partial charge < -0.3 is 9.88 Å². The molecule has 0 atom stereocenters. The lowest BCUT2D eigenvalue weighted by atomic mass is 10.2. The van der Waals surface area contributed by atoms with Crippen molar-refractivity contribution >= 4 is 16.9 Å². The second-order valence-corrected chi connectivity index (χ2v) is 6.48. The first-order valence-corrected chi connectivity index (χ1v) is 9.07. The number of nitrogens with zero attached hydrogens (tertiary/aromatic N) is 3. The van der Waals surface area contributed by atoms with Gasteiger partial charge in [-0.1, -0.05) is 24.3 Å². The number of rotatable bonds is 6. The van der Waals surface area contributed by atoms with E-state index >= 15 is 0 Å². The summed E-state index contributed by atoms with van der Waals surface area (Å²) in [6, 6.07) is 17.8. The number of hydrogen-bond acceptors (Lipinski definition) is 3. The summed E-state index contributed by atoms with van der Waals surface area (Å²) in [5, 5.41) is 2.91. The Morgan fingerprint density at radius 1 is 1.04 bits per heavy atom. The molecule has 1 N–H and O–H groups in total. The van der Waals surface area contributed by atoms with Gasteiger partial charge >= 0.3 is 0 Å². The normalized spacial score (nSPS) is 10.9. The fourth-order valence-electron chi connectivity index (χ4n) is 3.15. The minimum Gasteiger partial charge on any atom is -0.352 e. The zero-order valence-electron chi connectivity index (χ0n) is 15.2. The van der Waals surface area contributed by atoms with E-state index in [1.807, 2.05) is 24.3 Å². The Morgan fingerprint density at radius 2 is 1.86 bits per heavy atom. The third-order valence-corrected chi connectivity index (χ3v) is 4.55. The summed E-state index contributed by atoms with van der Waals surface area (Å²) < 4.78 is 15.3. The number of benzene rings is 2. The van der Waals surface area contributed by atoms with Crippen LogP contribution in [0.15, 0.2) is 73.1 Å². The van der Waals surface area contributed by atoms with Gasteiger partial charge in [-0.3, -0.25) is 9.78 Å². The second kappa shape index (κ2) is 8.00. The average Bonchev–Trinajstić information content (AvgIpc) is 3.07. The molecule has 0 saturated heterocycles. The van der Waals surface area contributed by atoms with Gasteiger partial charge in [0.25, 0.3) is 5.91 Å². The molecule has 2 aromatic heterocycles. The highest BCUT2D eigenvalue weighted by molar-refractivity contribution is 5.93. The van der Waals surface area contributed by atoms with E-state index in [-0.39, 0.29) is 11.7 Å². The minimum atomic E-state index is -0.252. The van der Waals surface area contributed by atoms with E-state index < -0.39 is 0 Å². The molecular formula is C22H19FN4O. The highest BCUT2D eigenvalue weighted by Crippen LogP contribution is 2.18. The van der Waals surface area contributed by atoms with Crippen LogP contribution >= 0.6 is 0 Å². The molecule has 5 nitrogen and oxygen atoms in total. The number of aromatic nitrogens is 3. The maximum absolute atomic E-state index is 13.2. The zero-order valence-corrected chi connectivity index (χ0v) is 15.2. The number of pyridine rings is 1. The predicted octanol–water partition coefficient (Wildman–Crippen LogP) is 3.59. The topological polar surface area (TPSA) is 59.8 Å². The number of amides is 1. The SMILES string of the molecule is O=C(NCCc1nc2ccccc2n1Cc1ccc(F)cc1)c1cccnc1. The third-order valence-electron chi connectivity index (χ3n) is 4.55. The summed E-state index contributed by atoms with van der Waals surface area (Å²) >= 11 is 0. The number of fused-ring (bicyclic) bond motifs is 1. The molecule has 4 rings (SSSR count). The standard InChI is InChI=1S/C22H19FN4O/c23-18-9-7-16(8-10-18)15-27-20-6-2-1-5-19(20)26-21(27)11-13-25-22(28)17-4-3-12-24-14-17/h1-10,12,14H,11,13,15H2,(H,25,28). The molecule has 6 heteroatoms. The van der Waals surface area contributed by atoms with Crippen LogP contribution in [0.2, 0.25) is 0 Å². The summed E-state index contributed by atoms with van der Waals surface area (Å²) in [4.78, 5) is 20.9. The highest BCUT2D eigenvalue weighted by atomic mass is 19.1. The lowest BCUT2D eigenvalue weighted by Gasteiger charge is -2.10. The molecule has 1 amide bonds. The average molecular weight is 374 g/mol. The van der Waals surface area contributed by atoms with E-state index in [0.717, 1.165) is 22.4 Å². The number of nitrogens with one attached hydrogen (secondary N) is 1. The largest absolute Gasteiger partial charge is 0.352 e. The van der Waals surface area contributed by atoms with Crippen LogP contribution in [0, 0.1) is 5.82 Å². The monoisotopic (exact) mass is 374 g/mol. The van der Waals surface area contributed by atoms with Gasteiger partial charge in [0, 0.05) is 31.9 Å². The molecule has 0 spiro atoms. The highest BCUT2D eigenvalue weighted by Gasteiger charge is 2.12. The van der Waals surface area contributed by atoms with Gasteiger partial charge in [-0.2, -0.15) is 0 Å². The van der Waals surface area contributed by atoms with Crippen molar-refractivity contribution in [1.82, 2.24) is 19.9 Å². The molecule has 0 aliphatic carbocycles. The van der Waals surface area contributed by atoms with E-state index in [2.05, 4.69) is 14.9 Å². The van der Waals surface area contributed by atoms with E-state index in [0.29, 0.717) is 25.1 Å². The fourth-order valence-corrected chi connectivity index (χ4v) is 3.15. The minimum absolute atomic E-state index is 0.158. The van der Waals surface area contributed by atoms with Gasteiger partial charge in [0.2, 0.25) is 0 Å². The van der Waals surface area contributed by atoms with Gasteiger partial charge in [-0.15, -0.1) is 0 Å². The first-order valence-electron chi connectivity index (χ1n) is 9.07. The van der Waals surface area contributed by atoms with Crippen molar-refractivity contribution in [3.8, 4) is 0 Å². The lowest BCUT2D eigenvalue weighted by molar-refractivity contribution is 0.0953. The van der Waals surface area contributed by atoms with Crippen LogP contribution in [-0.4, -0.2) is 27.0 Å². The van der Waals surface area contributed by atoms with Crippen LogP contribution in [0.25, 0.3) is 11.0 Å². The predicted molar refractivity (Wildman–Crippen MR) is 106 cm³/mol. The molecule has 0 aliphatic rings. The van der Waals surface area contributed by atoms with Crippen LogP contribution in [0.4, 0.5) is 4.39 Å². The summed E-state index contributed by atoms with van der Waals surface area (Å²) in [6.45, 7) is 1.05. The number of carbonyl (C=O) groups is 1. The van der Waals surface area contributed by atoms with E-state index in [4.69, 9.17) is 4.98 Å². The molecule has 4 aromatic rings. The van der Waals surface area contributed by atoms with Crippen molar-refractivity contribution in [3.05, 3.63) is 95.8 Å². The molecule has 2 aromatic carbocycles. The molecule has 0 saturated carbocycles. The maximum atomic E-state index is 13.2. The lowest BCUT2D eigenvalue weighted by Crippen LogP contribution is -2.26. The molecule has 140 valence electrons. The fraction of sp³-hybridized carbons (Fsp3) is 0.136. The third kappa shape index (κ3) is 3.91. The van der Waals surface area contributed by atoms with Crippen LogP contribution in [0.1, 0.15) is 21.7 Å². The molecule has 0 bridgehead atoms. The van der Waals surface area contributed by atoms with Gasteiger partial charge in [-0.05, 0) is 42.0 Å². The second-order valence-electron chi connectivity index (χ2n) is 6.48. The van der Waals surface area contributed by atoms with Crippen molar-refractivity contribution in [2.45, 2.75) is 13.0 Å². The number of halogens is 1. The first-order chi connectivity index (χ1) is 13.7. The molecule has 0 radical (unpaired) electrons. The Morgan fingerprint density at radius 3 is 2.64 bits per heavy atom. The molecular weight excluding hydrogens is 355 g/mol. The Balaban J connectivity index is 1.53. The van der Waals surface area contributed by atoms with Gasteiger partial charge in [-0.25, -0.2) is 9.37 Å². The Labute approximate surface area is 161 Å². The summed E-state index contributed by atoms with van der Waals surface area (Å²) in [5.74, 6) is 0.462. The van der Waals surface area contributed by atoms with Gasteiger partial charge in [0.1, 0.15) is 11.6 Å². The summed E-state index contributed by atoms with van der Waals surface area (Å²) in [5.41, 5.74) is 3.44. The summed E-state index contributed by atoms with van der Waals surface area (Å²) in [7, 11) is 0. The van der Waals surface area contributed by atoms with Crippen LogP contribution in [0.5, 0.6) is 0 Å². The van der Waals surface area contributed by atoms with Crippen LogP contribution in [-0.2, 0) is 13.0 Å². The molecule has 0 fully saturated rings. The zero-order chi connectivity index (χ0) is 19.3. The van der Waals surface area contributed by atoms with Crippen molar-refractivity contribution in [1.29, 1.82) is 0 Å². The van der Waals surface area contributed by atoms with E-state index in [1.165, 1.54) is 12.1 Å². The Bertz CT molecular complexity index is 1090. The maximum Gasteiger partial charge on any atom is 0.252 e. The first kappa shape index (κ1) is 17.9. The number of imidazole rings is 1. The Hall–Kier alpha value is -3.54. The molecule has 28 heavy (non-hydrogen) atoms. The number of hydrogen-bond donors (Lipinski definition) is 1. The van der Waals surface area contributed by atoms with Crippen molar-refractivity contribution in [2.24, 2.45) is 0 Å².